The van der Waals surface area contributed by atoms with E-state index in [9.17, 15) is 14.0 Å². The summed E-state index contributed by atoms with van der Waals surface area (Å²) in [6, 6.07) is 3.69. The van der Waals surface area contributed by atoms with Gasteiger partial charge in [-0.15, -0.1) is 0 Å². The first kappa shape index (κ1) is 22.1. The number of piperidine rings is 1. The predicted molar refractivity (Wildman–Crippen MR) is 111 cm³/mol. The number of aromatic nitrogens is 2. The number of benzene rings is 1. The number of nitrogens with one attached hydrogen (secondary N) is 1. The first-order valence-corrected chi connectivity index (χ1v) is 10.5. The van der Waals surface area contributed by atoms with E-state index in [0.717, 1.165) is 19.3 Å². The van der Waals surface area contributed by atoms with Gasteiger partial charge in [0.15, 0.2) is 6.61 Å². The Balaban J connectivity index is 1.75. The molecule has 7 nitrogen and oxygen atoms in total. The minimum Gasteiger partial charge on any atom is -0.484 e. The number of halogens is 2. The summed E-state index contributed by atoms with van der Waals surface area (Å²) in [4.78, 5) is 29.2. The predicted octanol–water partition coefficient (Wildman–Crippen LogP) is 3.82. The van der Waals surface area contributed by atoms with Gasteiger partial charge in [0.1, 0.15) is 11.6 Å². The van der Waals surface area contributed by atoms with E-state index in [-0.39, 0.29) is 29.5 Å². The van der Waals surface area contributed by atoms with E-state index in [1.165, 1.54) is 24.4 Å². The zero-order valence-electron chi connectivity index (χ0n) is 17.2. The Hall–Kier alpha value is -2.61. The molecule has 9 heteroatoms. The van der Waals surface area contributed by atoms with Gasteiger partial charge in [-0.2, -0.15) is 5.10 Å². The van der Waals surface area contributed by atoms with Crippen LogP contribution in [0.5, 0.6) is 5.75 Å². The molecule has 3 rings (SSSR count). The Labute approximate surface area is 180 Å². The number of hydrogen-bond donors (Lipinski definition) is 1. The molecule has 1 N–H and O–H groups in total. The quantitative estimate of drug-likeness (QED) is 0.715. The highest BCUT2D eigenvalue weighted by atomic mass is 35.5. The van der Waals surface area contributed by atoms with E-state index in [1.807, 2.05) is 13.8 Å². The molecule has 0 bridgehead atoms. The summed E-state index contributed by atoms with van der Waals surface area (Å²) in [6.45, 7) is 5.41. The highest BCUT2D eigenvalue weighted by Gasteiger charge is 2.33. The van der Waals surface area contributed by atoms with Crippen LogP contribution in [0, 0.1) is 5.82 Å². The molecular formula is C21H26ClFN4O3. The molecule has 0 saturated carbocycles. The van der Waals surface area contributed by atoms with Crippen molar-refractivity contribution in [2.24, 2.45) is 0 Å². The largest absolute Gasteiger partial charge is 0.484 e. The van der Waals surface area contributed by atoms with Crippen LogP contribution in [0.3, 0.4) is 0 Å². The minimum absolute atomic E-state index is 0.0622. The van der Waals surface area contributed by atoms with E-state index in [2.05, 4.69) is 10.2 Å². The van der Waals surface area contributed by atoms with Gasteiger partial charge in [-0.3, -0.25) is 14.7 Å². The highest BCUT2D eigenvalue weighted by molar-refractivity contribution is 6.30. The lowest BCUT2D eigenvalue weighted by Gasteiger charge is -2.35. The molecule has 0 aliphatic carbocycles. The summed E-state index contributed by atoms with van der Waals surface area (Å²) in [5.41, 5.74) is 1.15. The Morgan fingerprint density at radius 1 is 1.33 bits per heavy atom. The van der Waals surface area contributed by atoms with Crippen LogP contribution in [0.15, 0.2) is 24.4 Å². The smallest absolute Gasteiger partial charge is 0.261 e. The van der Waals surface area contributed by atoms with Gasteiger partial charge < -0.3 is 14.5 Å². The number of hydrogen-bond acceptors (Lipinski definition) is 4. The highest BCUT2D eigenvalue weighted by Crippen LogP contribution is 2.32. The monoisotopic (exact) mass is 436 g/mol. The molecule has 1 aromatic heterocycles. The second-order valence-electron chi connectivity index (χ2n) is 7.14. The zero-order chi connectivity index (χ0) is 21.7. The molecule has 1 aliphatic rings. The molecular weight excluding hydrogens is 411 g/mol. The molecule has 30 heavy (non-hydrogen) atoms. The van der Waals surface area contributed by atoms with Crippen LogP contribution in [0.25, 0.3) is 0 Å². The van der Waals surface area contributed by atoms with Crippen molar-refractivity contribution in [2.45, 2.75) is 39.2 Å². The molecule has 2 aromatic rings. The van der Waals surface area contributed by atoms with Crippen LogP contribution in [0.4, 0.5) is 4.39 Å². The van der Waals surface area contributed by atoms with E-state index >= 15 is 0 Å². The first-order chi connectivity index (χ1) is 14.5. The van der Waals surface area contributed by atoms with Gasteiger partial charge in [0.05, 0.1) is 28.5 Å². The number of rotatable bonds is 7. The Kier molecular flexibility index (Phi) is 7.31. The van der Waals surface area contributed by atoms with Crippen molar-refractivity contribution in [1.29, 1.82) is 0 Å². The van der Waals surface area contributed by atoms with Gasteiger partial charge in [-0.25, -0.2) is 4.39 Å². The Morgan fingerprint density at radius 3 is 2.80 bits per heavy atom. The fourth-order valence-electron chi connectivity index (χ4n) is 3.73. The number of aromatic amines is 1. The third kappa shape index (κ3) is 4.75. The molecule has 0 unspecified atom stereocenters. The second-order valence-corrected chi connectivity index (χ2v) is 7.55. The van der Waals surface area contributed by atoms with E-state index in [4.69, 9.17) is 16.3 Å². The van der Waals surface area contributed by atoms with Crippen LogP contribution in [-0.2, 0) is 4.79 Å². The van der Waals surface area contributed by atoms with Crippen molar-refractivity contribution < 1.29 is 18.7 Å². The number of carbonyl (C=O) groups excluding carboxylic acids is 2. The second kappa shape index (κ2) is 9.93. The normalized spacial score (nSPS) is 16.4. The fourth-order valence-corrected chi connectivity index (χ4v) is 3.90. The number of nitrogens with zero attached hydrogens (tertiary/aromatic N) is 3. The lowest BCUT2D eigenvalue weighted by Crippen LogP contribution is -2.42. The number of ether oxygens (including phenoxy) is 1. The summed E-state index contributed by atoms with van der Waals surface area (Å²) in [5.74, 6) is -0.534. The van der Waals surface area contributed by atoms with Crippen molar-refractivity contribution >= 4 is 23.4 Å². The first-order valence-electron chi connectivity index (χ1n) is 10.2. The molecule has 1 atom stereocenters. The van der Waals surface area contributed by atoms with Crippen molar-refractivity contribution in [3.8, 4) is 5.75 Å². The SMILES string of the molecule is CCN(CC)C(=O)c1cn[nH]c1[C@H]1CCCCN1C(=O)COc1ccc(F)c(Cl)c1. The molecule has 0 spiro atoms. The zero-order valence-corrected chi connectivity index (χ0v) is 17.9. The average molecular weight is 437 g/mol. The lowest BCUT2D eigenvalue weighted by molar-refractivity contribution is -0.137. The third-order valence-corrected chi connectivity index (χ3v) is 5.65. The fraction of sp³-hybridized carbons (Fsp3) is 0.476. The molecule has 2 amide bonds. The van der Waals surface area contributed by atoms with Gasteiger partial charge in [-0.1, -0.05) is 11.6 Å². The Bertz CT molecular complexity index is 900. The number of carbonyl (C=O) groups is 2. The molecule has 0 radical (unpaired) electrons. The summed E-state index contributed by atoms with van der Waals surface area (Å²) >= 11 is 5.77. The molecule has 1 aliphatic heterocycles. The summed E-state index contributed by atoms with van der Waals surface area (Å²) in [6.07, 6.45) is 4.08. The molecule has 2 heterocycles. The van der Waals surface area contributed by atoms with Gasteiger partial charge in [-0.05, 0) is 45.2 Å². The van der Waals surface area contributed by atoms with Crippen LogP contribution in [-0.4, -0.2) is 58.1 Å². The van der Waals surface area contributed by atoms with E-state index < -0.39 is 5.82 Å². The van der Waals surface area contributed by atoms with Crippen molar-refractivity contribution in [1.82, 2.24) is 20.0 Å². The maximum atomic E-state index is 13.3. The topological polar surface area (TPSA) is 78.5 Å². The maximum Gasteiger partial charge on any atom is 0.261 e. The van der Waals surface area contributed by atoms with E-state index in [0.29, 0.717) is 36.6 Å². The summed E-state index contributed by atoms with van der Waals surface area (Å²) < 4.78 is 18.8. The van der Waals surface area contributed by atoms with Crippen LogP contribution in [0.2, 0.25) is 5.02 Å². The average Bonchev–Trinajstić information content (AvgIpc) is 3.25. The van der Waals surface area contributed by atoms with Crippen molar-refractivity contribution in [3.05, 3.63) is 46.5 Å². The van der Waals surface area contributed by atoms with Gasteiger partial charge in [0, 0.05) is 25.7 Å². The van der Waals surface area contributed by atoms with Gasteiger partial charge in [0.2, 0.25) is 0 Å². The Morgan fingerprint density at radius 2 is 2.10 bits per heavy atom. The molecule has 162 valence electrons. The van der Waals surface area contributed by atoms with Crippen LogP contribution in [0.1, 0.15) is 55.2 Å². The van der Waals surface area contributed by atoms with E-state index in [1.54, 1.807) is 9.80 Å². The third-order valence-electron chi connectivity index (χ3n) is 5.36. The van der Waals surface area contributed by atoms with Crippen LogP contribution < -0.4 is 4.74 Å². The van der Waals surface area contributed by atoms with Gasteiger partial charge in [0.25, 0.3) is 11.8 Å². The molecule has 1 saturated heterocycles. The summed E-state index contributed by atoms with van der Waals surface area (Å²) in [7, 11) is 0. The number of likely N-dealkylation sites (tertiary alicyclic amines) is 1. The summed E-state index contributed by atoms with van der Waals surface area (Å²) in [5, 5.41) is 6.96. The maximum absolute atomic E-state index is 13.3. The van der Waals surface area contributed by atoms with Crippen molar-refractivity contribution in [2.75, 3.05) is 26.2 Å². The number of amides is 2. The standard InChI is InChI=1S/C21H26ClFN4O3/c1-3-26(4-2)21(29)15-12-24-25-20(15)18-7-5-6-10-27(18)19(28)13-30-14-8-9-17(23)16(22)11-14/h8-9,11-12,18H,3-7,10,13H2,1-2H3,(H,24,25)/t18-/m1/s1. The van der Waals surface area contributed by atoms with Gasteiger partial charge >= 0.3 is 0 Å². The number of H-pyrrole nitrogens is 1. The van der Waals surface area contributed by atoms with Crippen LogP contribution >= 0.6 is 11.6 Å². The minimum atomic E-state index is -0.545. The molecule has 1 aromatic carbocycles. The lowest BCUT2D eigenvalue weighted by atomic mass is 9.96. The molecule has 1 fully saturated rings. The van der Waals surface area contributed by atoms with Crippen molar-refractivity contribution in [3.63, 3.8) is 0 Å².